The SMILES string of the molecule is Cc1ncsc1-c1ccc(CNC(=O)[C@@H]2C[C@@H](O)CN2C(=O)[C@@H](NC(=O)COCCN2CCNCC2)C(C)(C)C)cc1. The number of carbonyl (C=O) groups excluding carboxylic acids is 3. The van der Waals surface area contributed by atoms with Gasteiger partial charge in [-0.3, -0.25) is 19.3 Å². The van der Waals surface area contributed by atoms with Crippen LogP contribution in [0, 0.1) is 12.3 Å². The van der Waals surface area contributed by atoms with Gasteiger partial charge in [-0.2, -0.15) is 0 Å². The Bertz CT molecular complexity index is 1210. The molecular formula is C30H44N6O5S. The van der Waals surface area contributed by atoms with E-state index < -0.39 is 29.5 Å². The van der Waals surface area contributed by atoms with Crippen LogP contribution in [0.4, 0.5) is 0 Å². The zero-order chi connectivity index (χ0) is 30.3. The normalized spacial score (nSPS) is 20.4. The largest absolute Gasteiger partial charge is 0.391 e. The van der Waals surface area contributed by atoms with Crippen molar-refractivity contribution >= 4 is 29.1 Å². The third-order valence-corrected chi connectivity index (χ3v) is 8.68. The van der Waals surface area contributed by atoms with Crippen molar-refractivity contribution in [2.24, 2.45) is 5.41 Å². The van der Waals surface area contributed by atoms with Crippen molar-refractivity contribution in [2.45, 2.75) is 58.8 Å². The molecule has 2 fully saturated rings. The van der Waals surface area contributed by atoms with Gasteiger partial charge < -0.3 is 30.7 Å². The molecule has 0 bridgehead atoms. The number of aliphatic hydroxyl groups excluding tert-OH is 1. The highest BCUT2D eigenvalue weighted by atomic mass is 32.1. The fraction of sp³-hybridized carbons (Fsp3) is 0.600. The summed E-state index contributed by atoms with van der Waals surface area (Å²) in [4.78, 5) is 48.8. The van der Waals surface area contributed by atoms with Gasteiger partial charge in [-0.15, -0.1) is 11.3 Å². The molecule has 0 radical (unpaired) electrons. The Morgan fingerprint density at radius 2 is 1.90 bits per heavy atom. The molecule has 0 aliphatic carbocycles. The number of likely N-dealkylation sites (tertiary alicyclic amines) is 1. The van der Waals surface area contributed by atoms with E-state index in [9.17, 15) is 19.5 Å². The van der Waals surface area contributed by atoms with E-state index in [4.69, 9.17) is 4.74 Å². The number of ether oxygens (including phenoxy) is 1. The number of aryl methyl sites for hydroxylation is 1. The summed E-state index contributed by atoms with van der Waals surface area (Å²) in [6.07, 6.45) is -0.683. The van der Waals surface area contributed by atoms with E-state index in [1.54, 1.807) is 11.3 Å². The Morgan fingerprint density at radius 3 is 2.55 bits per heavy atom. The third kappa shape index (κ3) is 8.57. The van der Waals surface area contributed by atoms with Crippen molar-refractivity contribution in [1.29, 1.82) is 0 Å². The second-order valence-corrected chi connectivity index (χ2v) is 12.9. The lowest BCUT2D eigenvalue weighted by atomic mass is 9.85. The standard InChI is InChI=1S/C30H44N6O5S/c1-20-26(42-19-33-20)22-7-5-21(6-8-22)16-32-28(39)24-15-23(37)17-36(24)29(40)27(30(2,3)4)34-25(38)18-41-14-13-35-11-9-31-10-12-35/h5-8,19,23-24,27,31,37H,9-18H2,1-4H3,(H,32,39)(H,34,38)/t23-,24+,27-/m1/s1. The van der Waals surface area contributed by atoms with E-state index in [0.717, 1.165) is 54.4 Å². The number of hydrogen-bond acceptors (Lipinski definition) is 9. The highest BCUT2D eigenvalue weighted by Gasteiger charge is 2.44. The molecule has 230 valence electrons. The third-order valence-electron chi connectivity index (χ3n) is 7.71. The molecule has 1 aromatic heterocycles. The highest BCUT2D eigenvalue weighted by molar-refractivity contribution is 7.13. The maximum absolute atomic E-state index is 13.7. The van der Waals surface area contributed by atoms with Gasteiger partial charge in [0, 0.05) is 52.2 Å². The van der Waals surface area contributed by atoms with Gasteiger partial charge >= 0.3 is 0 Å². The van der Waals surface area contributed by atoms with Crippen LogP contribution >= 0.6 is 11.3 Å². The average Bonchev–Trinajstić information content (AvgIpc) is 3.58. The van der Waals surface area contributed by atoms with Crippen LogP contribution in [0.3, 0.4) is 0 Å². The fourth-order valence-electron chi connectivity index (χ4n) is 5.28. The van der Waals surface area contributed by atoms with Crippen LogP contribution in [-0.2, 0) is 25.7 Å². The van der Waals surface area contributed by atoms with Crippen molar-refractivity contribution in [3.8, 4) is 10.4 Å². The van der Waals surface area contributed by atoms with E-state index >= 15 is 0 Å². The smallest absolute Gasteiger partial charge is 0.246 e. The number of β-amino-alcohol motifs (C(OH)–C–C–N with tert-alkyl or cyclic N) is 1. The van der Waals surface area contributed by atoms with Crippen LogP contribution in [0.5, 0.6) is 0 Å². The summed E-state index contributed by atoms with van der Waals surface area (Å²) in [5, 5.41) is 19.5. The van der Waals surface area contributed by atoms with Crippen LogP contribution in [-0.4, -0.2) is 108 Å². The fourth-order valence-corrected chi connectivity index (χ4v) is 6.09. The summed E-state index contributed by atoms with van der Waals surface area (Å²) in [5.74, 6) is -1.11. The minimum atomic E-state index is -0.884. The van der Waals surface area contributed by atoms with E-state index in [1.165, 1.54) is 4.90 Å². The minimum absolute atomic E-state index is 0.0312. The van der Waals surface area contributed by atoms with Crippen LogP contribution < -0.4 is 16.0 Å². The second kappa shape index (κ2) is 14.5. The maximum Gasteiger partial charge on any atom is 0.246 e. The Kier molecular flexibility index (Phi) is 11.1. The lowest BCUT2D eigenvalue weighted by molar-refractivity contribution is -0.144. The van der Waals surface area contributed by atoms with E-state index in [0.29, 0.717) is 13.2 Å². The predicted octanol–water partition coefficient (Wildman–Crippen LogP) is 1.15. The van der Waals surface area contributed by atoms with Crippen LogP contribution in [0.2, 0.25) is 0 Å². The topological polar surface area (TPSA) is 136 Å². The molecule has 0 spiro atoms. The molecule has 4 rings (SSSR count). The first-order valence-electron chi connectivity index (χ1n) is 14.6. The number of nitrogens with zero attached hydrogens (tertiary/aromatic N) is 3. The van der Waals surface area contributed by atoms with E-state index in [2.05, 4.69) is 25.8 Å². The first-order chi connectivity index (χ1) is 20.0. The molecule has 4 N–H and O–H groups in total. The van der Waals surface area contributed by atoms with Crippen LogP contribution in [0.25, 0.3) is 10.4 Å². The number of piperazine rings is 1. The van der Waals surface area contributed by atoms with Gasteiger partial charge in [-0.1, -0.05) is 45.0 Å². The Balaban J connectivity index is 1.31. The van der Waals surface area contributed by atoms with E-state index in [-0.39, 0.29) is 31.4 Å². The summed E-state index contributed by atoms with van der Waals surface area (Å²) < 4.78 is 5.60. The van der Waals surface area contributed by atoms with Gasteiger partial charge in [0.05, 0.1) is 28.8 Å². The van der Waals surface area contributed by atoms with Gasteiger partial charge in [0.1, 0.15) is 18.7 Å². The summed E-state index contributed by atoms with van der Waals surface area (Å²) in [6, 6.07) is 6.20. The molecule has 2 saturated heterocycles. The van der Waals surface area contributed by atoms with Gasteiger partial charge in [0.2, 0.25) is 17.7 Å². The number of carbonyl (C=O) groups is 3. The number of benzene rings is 1. The average molecular weight is 601 g/mol. The summed E-state index contributed by atoms with van der Waals surface area (Å²) in [7, 11) is 0. The number of thiazole rings is 1. The second-order valence-electron chi connectivity index (χ2n) is 12.1. The summed E-state index contributed by atoms with van der Waals surface area (Å²) >= 11 is 1.59. The lowest BCUT2D eigenvalue weighted by Gasteiger charge is -2.35. The number of aliphatic hydroxyl groups is 1. The van der Waals surface area contributed by atoms with Crippen LogP contribution in [0.1, 0.15) is 38.4 Å². The zero-order valence-electron chi connectivity index (χ0n) is 25.0. The Hall–Kier alpha value is -2.90. The molecular weight excluding hydrogens is 556 g/mol. The van der Waals surface area contributed by atoms with Crippen molar-refractivity contribution in [3.63, 3.8) is 0 Å². The van der Waals surface area contributed by atoms with Gasteiger partial charge in [0.25, 0.3) is 0 Å². The van der Waals surface area contributed by atoms with Crippen molar-refractivity contribution in [1.82, 2.24) is 30.7 Å². The number of amides is 3. The Morgan fingerprint density at radius 1 is 1.19 bits per heavy atom. The molecule has 12 heteroatoms. The first kappa shape index (κ1) is 32.0. The number of rotatable bonds is 11. The molecule has 3 amide bonds. The number of nitrogens with one attached hydrogen (secondary N) is 3. The summed E-state index contributed by atoms with van der Waals surface area (Å²) in [5.41, 5.74) is 4.17. The molecule has 1 aromatic carbocycles. The molecule has 42 heavy (non-hydrogen) atoms. The summed E-state index contributed by atoms with van der Waals surface area (Å²) in [6.45, 7) is 12.7. The van der Waals surface area contributed by atoms with Gasteiger partial charge in [0.15, 0.2) is 0 Å². The lowest BCUT2D eigenvalue weighted by Crippen LogP contribution is -2.58. The van der Waals surface area contributed by atoms with Crippen molar-refractivity contribution < 1.29 is 24.2 Å². The minimum Gasteiger partial charge on any atom is -0.391 e. The Labute approximate surface area is 252 Å². The quantitative estimate of drug-likeness (QED) is 0.282. The van der Waals surface area contributed by atoms with Gasteiger partial charge in [-0.25, -0.2) is 4.98 Å². The molecule has 11 nitrogen and oxygen atoms in total. The molecule has 2 aliphatic rings. The molecule has 2 aromatic rings. The molecule has 3 atom stereocenters. The highest BCUT2D eigenvalue weighted by Crippen LogP contribution is 2.28. The molecule has 2 aliphatic heterocycles. The van der Waals surface area contributed by atoms with Crippen molar-refractivity contribution in [2.75, 3.05) is 52.5 Å². The zero-order valence-corrected chi connectivity index (χ0v) is 25.8. The number of hydrogen-bond donors (Lipinski definition) is 4. The van der Waals surface area contributed by atoms with Gasteiger partial charge in [-0.05, 0) is 23.5 Å². The van der Waals surface area contributed by atoms with E-state index in [1.807, 2.05) is 57.5 Å². The van der Waals surface area contributed by atoms with Crippen LogP contribution in [0.15, 0.2) is 29.8 Å². The number of aromatic nitrogens is 1. The predicted molar refractivity (Wildman–Crippen MR) is 162 cm³/mol. The maximum atomic E-state index is 13.7. The monoisotopic (exact) mass is 600 g/mol. The first-order valence-corrected chi connectivity index (χ1v) is 15.5. The van der Waals surface area contributed by atoms with Crippen molar-refractivity contribution in [3.05, 3.63) is 41.0 Å². The molecule has 3 heterocycles. The molecule has 0 unspecified atom stereocenters. The molecule has 0 saturated carbocycles.